The van der Waals surface area contributed by atoms with Gasteiger partial charge in [0, 0.05) is 18.3 Å². The molecule has 0 heterocycles. The van der Waals surface area contributed by atoms with Gasteiger partial charge in [-0.2, -0.15) is 0 Å². The van der Waals surface area contributed by atoms with Crippen molar-refractivity contribution in [3.8, 4) is 0 Å². The van der Waals surface area contributed by atoms with Gasteiger partial charge in [0.1, 0.15) is 0 Å². The first-order chi connectivity index (χ1) is 7.63. The Kier molecular flexibility index (Phi) is 2.73. The van der Waals surface area contributed by atoms with Gasteiger partial charge in [-0.25, -0.2) is 0 Å². The molecular formula is C12H17N3O. The molecule has 4 heteroatoms. The number of primary amides is 1. The van der Waals surface area contributed by atoms with E-state index in [0.29, 0.717) is 17.3 Å². The lowest BCUT2D eigenvalue weighted by atomic mass is 10.1. The summed E-state index contributed by atoms with van der Waals surface area (Å²) in [6, 6.07) is 5.80. The maximum absolute atomic E-state index is 11.4. The van der Waals surface area contributed by atoms with E-state index in [1.807, 2.05) is 6.07 Å². The van der Waals surface area contributed by atoms with Gasteiger partial charge in [0.2, 0.25) is 0 Å². The number of hydrogen-bond acceptors (Lipinski definition) is 3. The Labute approximate surface area is 95.2 Å². The molecule has 0 aromatic heterocycles. The fraction of sp³-hybridized carbons (Fsp3) is 0.417. The SMILES string of the molecule is CCN(c1cc(N)ccc1C(N)=O)C1CC1. The van der Waals surface area contributed by atoms with Gasteiger partial charge in [0.05, 0.1) is 11.3 Å². The molecule has 1 aliphatic carbocycles. The third-order valence-corrected chi connectivity index (χ3v) is 2.93. The summed E-state index contributed by atoms with van der Waals surface area (Å²) in [6.07, 6.45) is 2.36. The molecule has 1 aromatic carbocycles. The number of amides is 1. The first kappa shape index (κ1) is 10.8. The van der Waals surface area contributed by atoms with Gasteiger partial charge in [-0.15, -0.1) is 0 Å². The molecule has 0 aliphatic heterocycles. The second-order valence-corrected chi connectivity index (χ2v) is 4.16. The monoisotopic (exact) mass is 219 g/mol. The van der Waals surface area contributed by atoms with Crippen molar-refractivity contribution in [1.29, 1.82) is 0 Å². The van der Waals surface area contributed by atoms with Crippen LogP contribution in [-0.2, 0) is 0 Å². The number of nitrogens with two attached hydrogens (primary N) is 2. The lowest BCUT2D eigenvalue weighted by Crippen LogP contribution is -2.28. The maximum atomic E-state index is 11.4. The third kappa shape index (κ3) is 1.96. The number of rotatable bonds is 4. The van der Waals surface area contributed by atoms with Crippen molar-refractivity contribution in [2.24, 2.45) is 5.73 Å². The summed E-state index contributed by atoms with van der Waals surface area (Å²) in [6.45, 7) is 2.95. The van der Waals surface area contributed by atoms with Crippen molar-refractivity contribution in [2.75, 3.05) is 17.2 Å². The smallest absolute Gasteiger partial charge is 0.250 e. The van der Waals surface area contributed by atoms with Crippen LogP contribution in [0.3, 0.4) is 0 Å². The van der Waals surface area contributed by atoms with Gasteiger partial charge in [-0.3, -0.25) is 4.79 Å². The maximum Gasteiger partial charge on any atom is 0.250 e. The molecule has 1 fully saturated rings. The van der Waals surface area contributed by atoms with Crippen LogP contribution in [0.5, 0.6) is 0 Å². The first-order valence-electron chi connectivity index (χ1n) is 5.59. The van der Waals surface area contributed by atoms with Gasteiger partial charge in [-0.1, -0.05) is 0 Å². The average molecular weight is 219 g/mol. The predicted octanol–water partition coefficient (Wildman–Crippen LogP) is 1.36. The standard InChI is InChI=1S/C12H17N3O/c1-2-15(9-4-5-9)11-7-8(13)3-6-10(11)12(14)16/h3,6-7,9H,2,4-5,13H2,1H3,(H2,14,16). The van der Waals surface area contributed by atoms with Crippen LogP contribution in [0.2, 0.25) is 0 Å². The molecule has 1 aromatic rings. The Morgan fingerprint density at radius 1 is 1.50 bits per heavy atom. The molecule has 0 radical (unpaired) electrons. The van der Waals surface area contributed by atoms with Crippen molar-refractivity contribution < 1.29 is 4.79 Å². The lowest BCUT2D eigenvalue weighted by Gasteiger charge is -2.25. The number of hydrogen-bond donors (Lipinski definition) is 2. The highest BCUT2D eigenvalue weighted by Gasteiger charge is 2.30. The van der Waals surface area contributed by atoms with Crippen LogP contribution >= 0.6 is 0 Å². The summed E-state index contributed by atoms with van der Waals surface area (Å²) in [5.74, 6) is -0.394. The number of carbonyl (C=O) groups excluding carboxylic acids is 1. The molecule has 16 heavy (non-hydrogen) atoms. The highest BCUT2D eigenvalue weighted by molar-refractivity contribution is 5.99. The number of carbonyl (C=O) groups is 1. The molecule has 0 saturated heterocycles. The molecule has 1 amide bonds. The average Bonchev–Trinajstić information content (AvgIpc) is 3.03. The first-order valence-corrected chi connectivity index (χ1v) is 5.59. The van der Waals surface area contributed by atoms with Crippen LogP contribution in [-0.4, -0.2) is 18.5 Å². The zero-order valence-corrected chi connectivity index (χ0v) is 9.44. The van der Waals surface area contributed by atoms with E-state index in [9.17, 15) is 4.79 Å². The van der Waals surface area contributed by atoms with Crippen LogP contribution in [0, 0.1) is 0 Å². The van der Waals surface area contributed by atoms with Crippen LogP contribution in [0.15, 0.2) is 18.2 Å². The Bertz CT molecular complexity index is 413. The molecule has 86 valence electrons. The van der Waals surface area contributed by atoms with Crippen LogP contribution in [0.25, 0.3) is 0 Å². The van der Waals surface area contributed by atoms with Crippen molar-refractivity contribution in [1.82, 2.24) is 0 Å². The molecule has 0 unspecified atom stereocenters. The van der Waals surface area contributed by atoms with E-state index in [-0.39, 0.29) is 0 Å². The molecule has 0 bridgehead atoms. The van der Waals surface area contributed by atoms with E-state index in [4.69, 9.17) is 11.5 Å². The fourth-order valence-electron chi connectivity index (χ4n) is 2.01. The highest BCUT2D eigenvalue weighted by Crippen LogP contribution is 2.34. The lowest BCUT2D eigenvalue weighted by molar-refractivity contribution is 0.100. The van der Waals surface area contributed by atoms with E-state index in [2.05, 4.69) is 11.8 Å². The number of nitrogen functional groups attached to an aromatic ring is 1. The van der Waals surface area contributed by atoms with E-state index in [0.717, 1.165) is 12.2 Å². The minimum atomic E-state index is -0.394. The number of benzene rings is 1. The van der Waals surface area contributed by atoms with E-state index in [1.165, 1.54) is 12.8 Å². The van der Waals surface area contributed by atoms with E-state index in [1.54, 1.807) is 12.1 Å². The predicted molar refractivity (Wildman–Crippen MR) is 65.4 cm³/mol. The van der Waals surface area contributed by atoms with Crippen molar-refractivity contribution in [3.05, 3.63) is 23.8 Å². The normalized spacial score (nSPS) is 14.8. The third-order valence-electron chi connectivity index (χ3n) is 2.93. The molecule has 0 spiro atoms. The largest absolute Gasteiger partial charge is 0.399 e. The van der Waals surface area contributed by atoms with Gasteiger partial charge in [-0.05, 0) is 38.0 Å². The Balaban J connectivity index is 2.42. The summed E-state index contributed by atoms with van der Waals surface area (Å²) >= 11 is 0. The Morgan fingerprint density at radius 3 is 2.69 bits per heavy atom. The second kappa shape index (κ2) is 4.04. The van der Waals surface area contributed by atoms with Gasteiger partial charge in [0.15, 0.2) is 0 Å². The molecule has 1 aliphatic rings. The van der Waals surface area contributed by atoms with Gasteiger partial charge in [0.25, 0.3) is 5.91 Å². The minimum Gasteiger partial charge on any atom is -0.399 e. The highest BCUT2D eigenvalue weighted by atomic mass is 16.1. The zero-order chi connectivity index (χ0) is 11.7. The molecule has 1 saturated carbocycles. The van der Waals surface area contributed by atoms with E-state index < -0.39 is 5.91 Å². The summed E-state index contributed by atoms with van der Waals surface area (Å²) in [7, 11) is 0. The van der Waals surface area contributed by atoms with Gasteiger partial charge < -0.3 is 16.4 Å². The van der Waals surface area contributed by atoms with E-state index >= 15 is 0 Å². The summed E-state index contributed by atoms with van der Waals surface area (Å²) < 4.78 is 0. The van der Waals surface area contributed by atoms with Crippen LogP contribution in [0.1, 0.15) is 30.1 Å². The molecule has 2 rings (SSSR count). The topological polar surface area (TPSA) is 72.3 Å². The summed E-state index contributed by atoms with van der Waals surface area (Å²) in [5, 5.41) is 0. The molecular weight excluding hydrogens is 202 g/mol. The summed E-state index contributed by atoms with van der Waals surface area (Å²) in [5.41, 5.74) is 13.2. The fourth-order valence-corrected chi connectivity index (χ4v) is 2.01. The number of anilines is 2. The van der Waals surface area contributed by atoms with Crippen LogP contribution in [0.4, 0.5) is 11.4 Å². The Hall–Kier alpha value is -1.71. The Morgan fingerprint density at radius 2 is 2.19 bits per heavy atom. The zero-order valence-electron chi connectivity index (χ0n) is 9.44. The summed E-state index contributed by atoms with van der Waals surface area (Å²) in [4.78, 5) is 13.6. The van der Waals surface area contributed by atoms with Crippen molar-refractivity contribution >= 4 is 17.3 Å². The number of nitrogens with zero attached hydrogens (tertiary/aromatic N) is 1. The van der Waals surface area contributed by atoms with Crippen molar-refractivity contribution in [3.63, 3.8) is 0 Å². The molecule has 4 N–H and O–H groups in total. The van der Waals surface area contributed by atoms with Crippen molar-refractivity contribution in [2.45, 2.75) is 25.8 Å². The molecule has 4 nitrogen and oxygen atoms in total. The molecule has 0 atom stereocenters. The second-order valence-electron chi connectivity index (χ2n) is 4.16. The quantitative estimate of drug-likeness (QED) is 0.751. The van der Waals surface area contributed by atoms with Crippen LogP contribution < -0.4 is 16.4 Å². The minimum absolute atomic E-state index is 0.394. The van der Waals surface area contributed by atoms with Gasteiger partial charge >= 0.3 is 0 Å².